The molecule has 2 aliphatic rings. The van der Waals surface area contributed by atoms with E-state index < -0.39 is 0 Å². The SMILES string of the molecule is CCCN(CC1CCN(C(=O)N2CCOCC2)CC1)C(C)Cc1ccc(NC(=O)CC)cc1.Cl. The van der Waals surface area contributed by atoms with Gasteiger partial charge in [-0.25, -0.2) is 4.79 Å². The molecule has 0 aromatic heterocycles. The minimum Gasteiger partial charge on any atom is -0.378 e. The van der Waals surface area contributed by atoms with E-state index in [0.717, 1.165) is 57.5 Å². The second-order valence-corrected chi connectivity index (χ2v) is 9.46. The summed E-state index contributed by atoms with van der Waals surface area (Å²) in [6, 6.07) is 8.90. The highest BCUT2D eigenvalue weighted by molar-refractivity contribution is 5.90. The van der Waals surface area contributed by atoms with Gasteiger partial charge in [0.1, 0.15) is 0 Å². The molecule has 8 heteroatoms. The minimum atomic E-state index is 0. The molecule has 0 saturated carbocycles. The zero-order chi connectivity index (χ0) is 23.6. The Morgan fingerprint density at radius 1 is 1.06 bits per heavy atom. The normalized spacial score (nSPS) is 17.9. The van der Waals surface area contributed by atoms with Gasteiger partial charge in [-0.05, 0) is 62.8 Å². The number of carbonyl (C=O) groups excluding carboxylic acids is 2. The number of morpholine rings is 1. The number of nitrogens with one attached hydrogen (secondary N) is 1. The van der Waals surface area contributed by atoms with Crippen molar-refractivity contribution in [2.75, 3.05) is 57.8 Å². The molecule has 34 heavy (non-hydrogen) atoms. The Morgan fingerprint density at radius 2 is 1.68 bits per heavy atom. The van der Waals surface area contributed by atoms with Gasteiger partial charge in [0.2, 0.25) is 5.91 Å². The van der Waals surface area contributed by atoms with Crippen molar-refractivity contribution in [2.24, 2.45) is 5.92 Å². The predicted octanol–water partition coefficient (Wildman–Crippen LogP) is 4.26. The number of carbonyl (C=O) groups is 2. The monoisotopic (exact) mass is 494 g/mol. The molecule has 0 bridgehead atoms. The number of amides is 3. The summed E-state index contributed by atoms with van der Waals surface area (Å²) in [5.41, 5.74) is 2.16. The highest BCUT2D eigenvalue weighted by Crippen LogP contribution is 2.22. The van der Waals surface area contributed by atoms with E-state index in [1.54, 1.807) is 0 Å². The van der Waals surface area contributed by atoms with Gasteiger partial charge in [-0.15, -0.1) is 12.4 Å². The third kappa shape index (κ3) is 8.43. The molecule has 3 amide bonds. The molecule has 1 aromatic rings. The van der Waals surface area contributed by atoms with Crippen molar-refractivity contribution in [3.05, 3.63) is 29.8 Å². The molecule has 1 atom stereocenters. The molecule has 192 valence electrons. The summed E-state index contributed by atoms with van der Waals surface area (Å²) >= 11 is 0. The smallest absolute Gasteiger partial charge is 0.320 e. The standard InChI is InChI=1S/C26H42N4O3.ClH/c1-4-12-30(21(3)19-22-6-8-24(9-7-22)27-25(31)5-2)20-23-10-13-28(14-11-23)26(32)29-15-17-33-18-16-29;/h6-9,21,23H,4-5,10-20H2,1-3H3,(H,27,31);1H. The number of hydrogen-bond acceptors (Lipinski definition) is 4. The largest absolute Gasteiger partial charge is 0.378 e. The maximum atomic E-state index is 12.8. The lowest BCUT2D eigenvalue weighted by Gasteiger charge is -2.39. The van der Waals surface area contributed by atoms with Gasteiger partial charge in [0.05, 0.1) is 13.2 Å². The van der Waals surface area contributed by atoms with Crippen LogP contribution in [0.3, 0.4) is 0 Å². The number of halogens is 1. The molecule has 0 radical (unpaired) electrons. The van der Waals surface area contributed by atoms with Crippen molar-refractivity contribution in [3.8, 4) is 0 Å². The van der Waals surface area contributed by atoms with Gasteiger partial charge >= 0.3 is 6.03 Å². The van der Waals surface area contributed by atoms with Crippen molar-refractivity contribution in [3.63, 3.8) is 0 Å². The van der Waals surface area contributed by atoms with Gasteiger partial charge in [0, 0.05) is 50.9 Å². The summed E-state index contributed by atoms with van der Waals surface area (Å²) in [5.74, 6) is 0.683. The Kier molecular flexibility index (Phi) is 12.2. The Labute approximate surface area is 211 Å². The fraction of sp³-hybridized carbons (Fsp3) is 0.692. The van der Waals surface area contributed by atoms with Gasteiger partial charge in [0.25, 0.3) is 0 Å². The summed E-state index contributed by atoms with van der Waals surface area (Å²) < 4.78 is 5.38. The molecule has 1 N–H and O–H groups in total. The molecule has 1 unspecified atom stereocenters. The zero-order valence-electron chi connectivity index (χ0n) is 21.1. The Hall–Kier alpha value is -1.83. The van der Waals surface area contributed by atoms with E-state index in [1.165, 1.54) is 5.56 Å². The highest BCUT2D eigenvalue weighted by Gasteiger charge is 2.28. The highest BCUT2D eigenvalue weighted by atomic mass is 35.5. The summed E-state index contributed by atoms with van der Waals surface area (Å²) in [4.78, 5) is 30.9. The summed E-state index contributed by atoms with van der Waals surface area (Å²) in [6.07, 6.45) is 4.78. The van der Waals surface area contributed by atoms with Crippen LogP contribution in [0.4, 0.5) is 10.5 Å². The average molecular weight is 495 g/mol. The van der Waals surface area contributed by atoms with Crippen molar-refractivity contribution in [1.82, 2.24) is 14.7 Å². The van der Waals surface area contributed by atoms with E-state index in [9.17, 15) is 9.59 Å². The number of likely N-dealkylation sites (tertiary alicyclic amines) is 1. The van der Waals surface area contributed by atoms with Crippen molar-refractivity contribution in [1.29, 1.82) is 0 Å². The molecule has 3 rings (SSSR count). The van der Waals surface area contributed by atoms with E-state index in [2.05, 4.69) is 36.2 Å². The van der Waals surface area contributed by atoms with Gasteiger partial charge in [0.15, 0.2) is 0 Å². The maximum absolute atomic E-state index is 12.8. The topological polar surface area (TPSA) is 65.1 Å². The summed E-state index contributed by atoms with van der Waals surface area (Å²) in [6.45, 7) is 13.1. The molecule has 2 aliphatic heterocycles. The first-order valence-corrected chi connectivity index (χ1v) is 12.7. The van der Waals surface area contributed by atoms with Crippen molar-refractivity contribution in [2.45, 2.75) is 58.9 Å². The van der Waals surface area contributed by atoms with Crippen molar-refractivity contribution >= 4 is 30.0 Å². The number of piperidine rings is 1. The fourth-order valence-corrected chi connectivity index (χ4v) is 4.82. The molecule has 2 heterocycles. The van der Waals surface area contributed by atoms with Gasteiger partial charge in [-0.3, -0.25) is 4.79 Å². The summed E-state index contributed by atoms with van der Waals surface area (Å²) in [5, 5.41) is 2.92. The Morgan fingerprint density at radius 3 is 2.26 bits per heavy atom. The van der Waals surface area contributed by atoms with Crippen LogP contribution in [-0.4, -0.2) is 85.2 Å². The first-order valence-electron chi connectivity index (χ1n) is 12.7. The van der Waals surface area contributed by atoms with E-state index >= 15 is 0 Å². The number of anilines is 1. The van der Waals surface area contributed by atoms with Gasteiger partial charge in [-0.1, -0.05) is 26.0 Å². The molecule has 0 aliphatic carbocycles. The third-order valence-electron chi connectivity index (χ3n) is 6.88. The number of benzene rings is 1. The van der Waals surface area contributed by atoms with Gasteiger partial charge < -0.3 is 24.8 Å². The number of ether oxygens (including phenoxy) is 1. The summed E-state index contributed by atoms with van der Waals surface area (Å²) in [7, 11) is 0. The number of rotatable bonds is 9. The van der Waals surface area contributed by atoms with Crippen LogP contribution in [0.2, 0.25) is 0 Å². The van der Waals surface area contributed by atoms with Crippen molar-refractivity contribution < 1.29 is 14.3 Å². The quantitative estimate of drug-likeness (QED) is 0.557. The first-order chi connectivity index (χ1) is 16.0. The Bertz CT molecular complexity index is 747. The van der Waals surface area contributed by atoms with Crippen LogP contribution in [0.5, 0.6) is 0 Å². The van der Waals surface area contributed by atoms with Crippen LogP contribution in [0, 0.1) is 5.92 Å². The molecule has 2 saturated heterocycles. The molecule has 0 spiro atoms. The molecular formula is C26H43ClN4O3. The Balaban J connectivity index is 0.00000408. The van der Waals surface area contributed by atoms with Crippen LogP contribution in [0.1, 0.15) is 52.0 Å². The lowest BCUT2D eigenvalue weighted by atomic mass is 9.95. The van der Waals surface area contributed by atoms with Gasteiger partial charge in [-0.2, -0.15) is 0 Å². The van der Waals surface area contributed by atoms with E-state index in [0.29, 0.717) is 44.7 Å². The van der Waals surface area contributed by atoms with E-state index in [-0.39, 0.29) is 24.3 Å². The lowest BCUT2D eigenvalue weighted by molar-refractivity contribution is -0.115. The number of urea groups is 1. The zero-order valence-corrected chi connectivity index (χ0v) is 21.9. The average Bonchev–Trinajstić information content (AvgIpc) is 2.85. The molecular weight excluding hydrogens is 452 g/mol. The number of hydrogen-bond donors (Lipinski definition) is 1. The molecule has 1 aromatic carbocycles. The fourth-order valence-electron chi connectivity index (χ4n) is 4.82. The van der Waals surface area contributed by atoms with Crippen LogP contribution in [-0.2, 0) is 16.0 Å². The molecule has 2 fully saturated rings. The van der Waals surface area contributed by atoms with E-state index in [4.69, 9.17) is 4.74 Å². The molecule has 7 nitrogen and oxygen atoms in total. The second-order valence-electron chi connectivity index (χ2n) is 9.46. The predicted molar refractivity (Wildman–Crippen MR) is 140 cm³/mol. The van der Waals surface area contributed by atoms with Crippen LogP contribution in [0.25, 0.3) is 0 Å². The van der Waals surface area contributed by atoms with Crippen LogP contribution >= 0.6 is 12.4 Å². The van der Waals surface area contributed by atoms with Crippen LogP contribution < -0.4 is 5.32 Å². The number of nitrogens with zero attached hydrogens (tertiary/aromatic N) is 3. The maximum Gasteiger partial charge on any atom is 0.320 e. The lowest BCUT2D eigenvalue weighted by Crippen LogP contribution is -2.51. The minimum absolute atomic E-state index is 0. The third-order valence-corrected chi connectivity index (χ3v) is 6.88. The first kappa shape index (κ1) is 28.4. The van der Waals surface area contributed by atoms with E-state index in [1.807, 2.05) is 28.9 Å². The van der Waals surface area contributed by atoms with Crippen LogP contribution in [0.15, 0.2) is 24.3 Å². The second kappa shape index (κ2) is 14.5.